The average Bonchev–Trinajstić information content (AvgIpc) is 3.37. The minimum atomic E-state index is 0.748. The van der Waals surface area contributed by atoms with E-state index in [2.05, 4.69) is 62.0 Å². The summed E-state index contributed by atoms with van der Waals surface area (Å²) in [6, 6.07) is 12.5. The third-order valence-corrected chi connectivity index (χ3v) is 5.34. The zero-order chi connectivity index (χ0) is 18.8. The van der Waals surface area contributed by atoms with Gasteiger partial charge in [-0.05, 0) is 67.4 Å². The Morgan fingerprint density at radius 2 is 1.82 bits per heavy atom. The number of fused-ring (bicyclic) bond motifs is 1. The molecule has 0 spiro atoms. The van der Waals surface area contributed by atoms with Crippen LogP contribution >= 0.6 is 0 Å². The largest absolute Gasteiger partial charge is 0.306 e. The van der Waals surface area contributed by atoms with Gasteiger partial charge >= 0.3 is 0 Å². The van der Waals surface area contributed by atoms with E-state index in [1.807, 2.05) is 18.5 Å². The predicted molar refractivity (Wildman–Crippen MR) is 110 cm³/mol. The Bertz CT molecular complexity index is 1080. The Morgan fingerprint density at radius 1 is 0.893 bits per heavy atom. The summed E-state index contributed by atoms with van der Waals surface area (Å²) in [6.07, 6.45) is 13.2. The normalized spacial score (nSPS) is 14.7. The first kappa shape index (κ1) is 17.1. The van der Waals surface area contributed by atoms with E-state index >= 15 is 0 Å². The molecule has 4 aromatic rings. The van der Waals surface area contributed by atoms with E-state index < -0.39 is 0 Å². The molecule has 0 aliphatic carbocycles. The van der Waals surface area contributed by atoms with E-state index in [1.165, 1.54) is 31.5 Å². The Hall–Kier alpha value is -3.05. The van der Waals surface area contributed by atoms with Crippen molar-refractivity contribution in [1.82, 2.24) is 24.3 Å². The lowest BCUT2D eigenvalue weighted by atomic mass is 10.1. The van der Waals surface area contributed by atoms with E-state index in [1.54, 1.807) is 6.20 Å². The van der Waals surface area contributed by atoms with Crippen molar-refractivity contribution >= 4 is 5.65 Å². The minimum absolute atomic E-state index is 0.748. The molecule has 0 aromatic carbocycles. The van der Waals surface area contributed by atoms with Crippen molar-refractivity contribution in [3.8, 4) is 11.1 Å². The minimum Gasteiger partial charge on any atom is -0.306 e. The van der Waals surface area contributed by atoms with Gasteiger partial charge in [-0.3, -0.25) is 14.9 Å². The molecule has 1 aliphatic heterocycles. The van der Waals surface area contributed by atoms with Crippen LogP contribution in [0.15, 0.2) is 67.4 Å². The lowest BCUT2D eigenvalue weighted by molar-refractivity contribution is 0.331. The lowest BCUT2D eigenvalue weighted by Crippen LogP contribution is -2.18. The van der Waals surface area contributed by atoms with Crippen LogP contribution in [-0.2, 0) is 13.0 Å². The second-order valence-electron chi connectivity index (χ2n) is 7.47. The zero-order valence-corrected chi connectivity index (χ0v) is 15.8. The van der Waals surface area contributed by atoms with E-state index in [4.69, 9.17) is 4.98 Å². The van der Waals surface area contributed by atoms with Gasteiger partial charge in [0.25, 0.3) is 0 Å². The maximum atomic E-state index is 4.77. The number of aromatic nitrogens is 4. The summed E-state index contributed by atoms with van der Waals surface area (Å²) in [5.41, 5.74) is 6.65. The SMILES string of the molecule is c1cncc(-c2ccc3nc(Cc4cc(CN5CCCC5)ccn4)cn3c2)c1. The molecule has 0 bridgehead atoms. The molecule has 5 heterocycles. The summed E-state index contributed by atoms with van der Waals surface area (Å²) in [5.74, 6) is 0. The molecule has 0 radical (unpaired) electrons. The summed E-state index contributed by atoms with van der Waals surface area (Å²) >= 11 is 0. The fraction of sp³-hybridized carbons (Fsp3) is 0.261. The van der Waals surface area contributed by atoms with Crippen molar-refractivity contribution < 1.29 is 0 Å². The van der Waals surface area contributed by atoms with Crippen LogP contribution < -0.4 is 0 Å². The highest BCUT2D eigenvalue weighted by molar-refractivity contribution is 5.63. The molecule has 0 atom stereocenters. The van der Waals surface area contributed by atoms with Crippen molar-refractivity contribution in [2.75, 3.05) is 13.1 Å². The highest BCUT2D eigenvalue weighted by Gasteiger charge is 2.12. The van der Waals surface area contributed by atoms with Crippen LogP contribution in [0.25, 0.3) is 16.8 Å². The molecule has 28 heavy (non-hydrogen) atoms. The Labute approximate surface area is 164 Å². The maximum absolute atomic E-state index is 4.77. The van der Waals surface area contributed by atoms with Crippen molar-refractivity contribution in [3.63, 3.8) is 0 Å². The van der Waals surface area contributed by atoms with Gasteiger partial charge < -0.3 is 4.40 Å². The molecule has 1 aliphatic rings. The van der Waals surface area contributed by atoms with Crippen LogP contribution in [0.3, 0.4) is 0 Å². The number of rotatable bonds is 5. The van der Waals surface area contributed by atoms with Gasteiger partial charge in [0.05, 0.1) is 5.69 Å². The predicted octanol–water partition coefficient (Wildman–Crippen LogP) is 3.98. The topological polar surface area (TPSA) is 46.3 Å². The first-order chi connectivity index (χ1) is 13.8. The van der Waals surface area contributed by atoms with E-state index in [0.29, 0.717) is 0 Å². The number of hydrogen-bond donors (Lipinski definition) is 0. The second-order valence-corrected chi connectivity index (χ2v) is 7.47. The highest BCUT2D eigenvalue weighted by Crippen LogP contribution is 2.20. The quantitative estimate of drug-likeness (QED) is 0.534. The number of likely N-dealkylation sites (tertiary alicyclic amines) is 1. The summed E-state index contributed by atoms with van der Waals surface area (Å²) in [6.45, 7) is 3.45. The van der Waals surface area contributed by atoms with Gasteiger partial charge in [0.1, 0.15) is 5.65 Å². The van der Waals surface area contributed by atoms with Gasteiger partial charge in [-0.1, -0.05) is 6.07 Å². The standard InChI is InChI=1S/C23H23N5/c1-2-11-27(10-1)15-18-7-9-25-21(12-18)13-22-17-28-16-20(5-6-23(28)26-22)19-4-3-8-24-14-19/h3-9,12,14,16-17H,1-2,10-11,13,15H2. The molecule has 140 valence electrons. The van der Waals surface area contributed by atoms with Gasteiger partial charge in [0.15, 0.2) is 0 Å². The molecule has 1 saturated heterocycles. The van der Waals surface area contributed by atoms with Crippen LogP contribution in [0.5, 0.6) is 0 Å². The third kappa shape index (κ3) is 3.66. The van der Waals surface area contributed by atoms with Crippen molar-refractivity contribution in [2.24, 2.45) is 0 Å². The van der Waals surface area contributed by atoms with Crippen LogP contribution in [0.2, 0.25) is 0 Å². The van der Waals surface area contributed by atoms with Gasteiger partial charge in [0.2, 0.25) is 0 Å². The summed E-state index contributed by atoms with van der Waals surface area (Å²) in [4.78, 5) is 16.1. The molecular formula is C23H23N5. The van der Waals surface area contributed by atoms with E-state index in [0.717, 1.165) is 41.1 Å². The second kappa shape index (κ2) is 7.52. The molecular weight excluding hydrogens is 346 g/mol. The fourth-order valence-electron chi connectivity index (χ4n) is 3.94. The summed E-state index contributed by atoms with van der Waals surface area (Å²) in [7, 11) is 0. The first-order valence-corrected chi connectivity index (χ1v) is 9.88. The number of hydrogen-bond acceptors (Lipinski definition) is 4. The Balaban J connectivity index is 1.36. The number of imidazole rings is 1. The number of nitrogens with zero attached hydrogens (tertiary/aromatic N) is 5. The van der Waals surface area contributed by atoms with E-state index in [-0.39, 0.29) is 0 Å². The van der Waals surface area contributed by atoms with Gasteiger partial charge in [-0.2, -0.15) is 0 Å². The maximum Gasteiger partial charge on any atom is 0.137 e. The monoisotopic (exact) mass is 369 g/mol. The van der Waals surface area contributed by atoms with Crippen molar-refractivity contribution in [1.29, 1.82) is 0 Å². The van der Waals surface area contributed by atoms with Crippen LogP contribution in [0.1, 0.15) is 29.8 Å². The molecule has 0 N–H and O–H groups in total. The Morgan fingerprint density at radius 3 is 2.68 bits per heavy atom. The molecule has 4 aromatic heterocycles. The molecule has 5 rings (SSSR count). The molecule has 0 amide bonds. The molecule has 5 nitrogen and oxygen atoms in total. The molecule has 0 unspecified atom stereocenters. The fourth-order valence-corrected chi connectivity index (χ4v) is 3.94. The van der Waals surface area contributed by atoms with Crippen molar-refractivity contribution in [2.45, 2.75) is 25.8 Å². The average molecular weight is 369 g/mol. The molecule has 1 fully saturated rings. The molecule has 5 heteroatoms. The molecule has 0 saturated carbocycles. The van der Waals surface area contributed by atoms with Crippen molar-refractivity contribution in [3.05, 3.63) is 84.3 Å². The zero-order valence-electron chi connectivity index (χ0n) is 15.8. The Kier molecular flexibility index (Phi) is 4.59. The number of pyridine rings is 3. The van der Waals surface area contributed by atoms with Crippen LogP contribution in [-0.4, -0.2) is 37.3 Å². The van der Waals surface area contributed by atoms with Gasteiger partial charge in [-0.25, -0.2) is 4.98 Å². The smallest absolute Gasteiger partial charge is 0.137 e. The first-order valence-electron chi connectivity index (χ1n) is 9.88. The third-order valence-electron chi connectivity index (χ3n) is 5.34. The summed E-state index contributed by atoms with van der Waals surface area (Å²) < 4.78 is 2.09. The highest BCUT2D eigenvalue weighted by atomic mass is 15.1. The van der Waals surface area contributed by atoms with Crippen LogP contribution in [0, 0.1) is 0 Å². The summed E-state index contributed by atoms with van der Waals surface area (Å²) in [5, 5.41) is 0. The van der Waals surface area contributed by atoms with Crippen LogP contribution in [0.4, 0.5) is 0 Å². The van der Waals surface area contributed by atoms with Gasteiger partial charge in [0, 0.05) is 55.2 Å². The van der Waals surface area contributed by atoms with E-state index in [9.17, 15) is 0 Å². The lowest BCUT2D eigenvalue weighted by Gasteiger charge is -2.14. The van der Waals surface area contributed by atoms with Gasteiger partial charge in [-0.15, -0.1) is 0 Å².